The van der Waals surface area contributed by atoms with Crippen LogP contribution in [0.25, 0.3) is 0 Å². The molecule has 2 rings (SSSR count). The summed E-state index contributed by atoms with van der Waals surface area (Å²) in [7, 11) is 0. The number of amides is 3. The van der Waals surface area contributed by atoms with Crippen molar-refractivity contribution in [2.45, 2.75) is 43.9 Å². The summed E-state index contributed by atoms with van der Waals surface area (Å²) in [6.45, 7) is 0.0462. The Labute approximate surface area is 198 Å². The molecule has 1 aliphatic heterocycles. The van der Waals surface area contributed by atoms with E-state index >= 15 is 0 Å². The molecule has 10 heteroatoms. The van der Waals surface area contributed by atoms with E-state index in [4.69, 9.17) is 4.74 Å². The number of allylic oxidation sites excluding steroid dienone is 1. The molecule has 0 bridgehead atoms. The van der Waals surface area contributed by atoms with Crippen LogP contribution >= 0.6 is 25.3 Å². The molecule has 0 aromatic heterocycles. The van der Waals surface area contributed by atoms with Crippen molar-refractivity contribution in [2.75, 3.05) is 18.1 Å². The summed E-state index contributed by atoms with van der Waals surface area (Å²) in [5, 5.41) is 7.97. The van der Waals surface area contributed by atoms with Gasteiger partial charge in [0.15, 0.2) is 0 Å². The highest BCUT2D eigenvalue weighted by Crippen LogP contribution is 2.08. The average Bonchev–Trinajstić information content (AvgIpc) is 2.77. The Morgan fingerprint density at radius 3 is 2.44 bits per heavy atom. The Hall–Kier alpha value is -2.46. The van der Waals surface area contributed by atoms with E-state index in [0.29, 0.717) is 12.2 Å². The summed E-state index contributed by atoms with van der Waals surface area (Å²) in [6, 6.07) is 7.40. The van der Waals surface area contributed by atoms with Gasteiger partial charge in [-0.1, -0.05) is 36.4 Å². The molecule has 1 saturated heterocycles. The Morgan fingerprint density at radius 1 is 1.00 bits per heavy atom. The van der Waals surface area contributed by atoms with Crippen LogP contribution in [-0.2, 0) is 30.3 Å². The normalized spacial score (nSPS) is 23.6. The quantitative estimate of drug-likeness (QED) is 0.236. The maximum Gasteiger partial charge on any atom is 0.308 e. The summed E-state index contributed by atoms with van der Waals surface area (Å²) in [5.74, 6) is -1.27. The largest absolute Gasteiger partial charge is 0.458 e. The lowest BCUT2D eigenvalue weighted by Crippen LogP contribution is -2.55. The zero-order valence-electron chi connectivity index (χ0n) is 17.7. The fourth-order valence-corrected chi connectivity index (χ4v) is 3.48. The van der Waals surface area contributed by atoms with Crippen LogP contribution in [0.3, 0.4) is 0 Å². The van der Waals surface area contributed by atoms with Crippen LogP contribution in [0.5, 0.6) is 0 Å². The van der Waals surface area contributed by atoms with E-state index in [1.165, 1.54) is 0 Å². The van der Waals surface area contributed by atoms with E-state index in [2.05, 4.69) is 41.2 Å². The van der Waals surface area contributed by atoms with Gasteiger partial charge >= 0.3 is 5.97 Å². The SMILES string of the molecule is O=C1CC(/C=C/CCS)OC(=O)CCNC(=O)C(CS)NC(=O)C(Cc2ccccc2)N1. The molecule has 3 amide bonds. The summed E-state index contributed by atoms with van der Waals surface area (Å²) in [6.07, 6.45) is 3.34. The highest BCUT2D eigenvalue weighted by molar-refractivity contribution is 7.80. The minimum absolute atomic E-state index is 0.0462. The predicted molar refractivity (Wildman–Crippen MR) is 128 cm³/mol. The van der Waals surface area contributed by atoms with Crippen LogP contribution in [0, 0.1) is 0 Å². The number of ether oxygens (including phenoxy) is 1. The predicted octanol–water partition coefficient (Wildman–Crippen LogP) is 0.826. The number of benzene rings is 1. The number of cyclic esters (lactones) is 1. The van der Waals surface area contributed by atoms with Gasteiger partial charge in [0.25, 0.3) is 0 Å². The van der Waals surface area contributed by atoms with Crippen molar-refractivity contribution in [3.8, 4) is 0 Å². The first-order chi connectivity index (χ1) is 15.4. The Balaban J connectivity index is 2.25. The first-order valence-electron chi connectivity index (χ1n) is 10.4. The molecule has 0 aliphatic carbocycles. The summed E-state index contributed by atoms with van der Waals surface area (Å²) < 4.78 is 5.40. The van der Waals surface area contributed by atoms with Crippen LogP contribution in [0.1, 0.15) is 24.8 Å². The molecule has 1 aromatic carbocycles. The smallest absolute Gasteiger partial charge is 0.308 e. The van der Waals surface area contributed by atoms with Gasteiger partial charge in [-0.3, -0.25) is 19.2 Å². The molecule has 1 heterocycles. The maximum atomic E-state index is 12.9. The van der Waals surface area contributed by atoms with Crippen molar-refractivity contribution in [3.63, 3.8) is 0 Å². The molecule has 0 saturated carbocycles. The third kappa shape index (κ3) is 8.96. The van der Waals surface area contributed by atoms with Gasteiger partial charge in [-0.15, -0.1) is 0 Å². The number of hydrogen-bond donors (Lipinski definition) is 5. The second-order valence-corrected chi connectivity index (χ2v) is 8.08. The number of carbonyl (C=O) groups excluding carboxylic acids is 4. The molecule has 0 spiro atoms. The molecule has 3 unspecified atom stereocenters. The van der Waals surface area contributed by atoms with Crippen molar-refractivity contribution >= 4 is 48.9 Å². The van der Waals surface area contributed by atoms with Crippen LogP contribution in [0.15, 0.2) is 42.5 Å². The molecule has 0 radical (unpaired) electrons. The number of hydrogen-bond acceptors (Lipinski definition) is 7. The molecule has 1 aliphatic rings. The number of thiol groups is 2. The summed E-state index contributed by atoms with van der Waals surface area (Å²) in [4.78, 5) is 50.3. The van der Waals surface area contributed by atoms with E-state index in [0.717, 1.165) is 5.56 Å². The fourth-order valence-electron chi connectivity index (χ4n) is 3.07. The van der Waals surface area contributed by atoms with Crippen LogP contribution in [0.2, 0.25) is 0 Å². The number of rotatable bonds is 6. The first kappa shape index (κ1) is 25.8. The van der Waals surface area contributed by atoms with Gasteiger partial charge < -0.3 is 20.7 Å². The molecular formula is C22H29N3O5S2. The molecule has 3 atom stereocenters. The number of esters is 1. The van der Waals surface area contributed by atoms with Gasteiger partial charge in [0.2, 0.25) is 17.7 Å². The minimum Gasteiger partial charge on any atom is -0.458 e. The molecule has 1 aromatic rings. The van der Waals surface area contributed by atoms with E-state index < -0.39 is 41.9 Å². The molecule has 3 N–H and O–H groups in total. The monoisotopic (exact) mass is 479 g/mol. The van der Waals surface area contributed by atoms with Crippen molar-refractivity contribution < 1.29 is 23.9 Å². The van der Waals surface area contributed by atoms with Crippen LogP contribution in [-0.4, -0.2) is 59.9 Å². The van der Waals surface area contributed by atoms with Crippen molar-refractivity contribution in [2.24, 2.45) is 0 Å². The van der Waals surface area contributed by atoms with E-state index in [-0.39, 0.29) is 31.6 Å². The van der Waals surface area contributed by atoms with Gasteiger partial charge in [0, 0.05) is 18.7 Å². The van der Waals surface area contributed by atoms with Gasteiger partial charge in [-0.2, -0.15) is 25.3 Å². The summed E-state index contributed by atoms with van der Waals surface area (Å²) >= 11 is 8.28. The van der Waals surface area contributed by atoms with Gasteiger partial charge in [-0.25, -0.2) is 0 Å². The lowest BCUT2D eigenvalue weighted by molar-refractivity contribution is -0.148. The Bertz CT molecular complexity index is 819. The van der Waals surface area contributed by atoms with E-state index in [1.807, 2.05) is 30.3 Å². The third-order valence-corrected chi connectivity index (χ3v) is 5.32. The molecule has 32 heavy (non-hydrogen) atoms. The molecule has 8 nitrogen and oxygen atoms in total. The Kier molecular flexibility index (Phi) is 11.2. The van der Waals surface area contributed by atoms with E-state index in [9.17, 15) is 19.2 Å². The second kappa shape index (κ2) is 13.8. The minimum atomic E-state index is -0.916. The van der Waals surface area contributed by atoms with Crippen LogP contribution in [0.4, 0.5) is 0 Å². The average molecular weight is 480 g/mol. The first-order valence-corrected chi connectivity index (χ1v) is 11.7. The standard InChI is InChI=1S/C22H29N3O5S2/c26-19-13-16(8-4-5-11-31)30-20(27)9-10-23-21(28)18(14-32)25-22(29)17(24-19)12-15-6-2-1-3-7-15/h1-4,6-8,16-18,31-32H,5,9-14H2,(H,23,28)(H,24,26)(H,25,29)/b8-4+. The topological polar surface area (TPSA) is 114 Å². The van der Waals surface area contributed by atoms with Gasteiger partial charge in [0.05, 0.1) is 12.8 Å². The highest BCUT2D eigenvalue weighted by atomic mass is 32.1. The van der Waals surface area contributed by atoms with E-state index in [1.54, 1.807) is 12.2 Å². The van der Waals surface area contributed by atoms with Crippen molar-refractivity contribution in [1.82, 2.24) is 16.0 Å². The van der Waals surface area contributed by atoms with Crippen molar-refractivity contribution in [1.29, 1.82) is 0 Å². The second-order valence-electron chi connectivity index (χ2n) is 7.27. The van der Waals surface area contributed by atoms with Crippen molar-refractivity contribution in [3.05, 3.63) is 48.0 Å². The van der Waals surface area contributed by atoms with Gasteiger partial charge in [0.1, 0.15) is 18.2 Å². The summed E-state index contributed by atoms with van der Waals surface area (Å²) in [5.41, 5.74) is 0.845. The lowest BCUT2D eigenvalue weighted by atomic mass is 10.0. The zero-order valence-corrected chi connectivity index (χ0v) is 19.4. The zero-order chi connectivity index (χ0) is 23.3. The van der Waals surface area contributed by atoms with Gasteiger partial charge in [-0.05, 0) is 23.8 Å². The lowest BCUT2D eigenvalue weighted by Gasteiger charge is -2.24. The molecular weight excluding hydrogens is 450 g/mol. The fraction of sp³-hybridized carbons (Fsp3) is 0.455. The maximum absolute atomic E-state index is 12.9. The van der Waals surface area contributed by atoms with Crippen LogP contribution < -0.4 is 16.0 Å². The highest BCUT2D eigenvalue weighted by Gasteiger charge is 2.28. The number of carbonyl (C=O) groups is 4. The molecule has 1 fully saturated rings. The molecule has 174 valence electrons. The Morgan fingerprint density at radius 2 is 1.75 bits per heavy atom. The number of nitrogens with one attached hydrogen (secondary N) is 3. The third-order valence-electron chi connectivity index (χ3n) is 4.69.